The molecule has 0 saturated carbocycles. The van der Waals surface area contributed by atoms with E-state index in [0.29, 0.717) is 25.8 Å². The first kappa shape index (κ1) is 17.2. The quantitative estimate of drug-likeness (QED) is 0.815. The lowest BCUT2D eigenvalue weighted by Gasteiger charge is -2.31. The first-order valence-corrected chi connectivity index (χ1v) is 8.21. The Morgan fingerprint density at radius 1 is 1.30 bits per heavy atom. The highest BCUT2D eigenvalue weighted by atomic mass is 16.2. The van der Waals surface area contributed by atoms with E-state index in [1.807, 2.05) is 44.2 Å². The summed E-state index contributed by atoms with van der Waals surface area (Å²) in [4.78, 5) is 37.8. The zero-order valence-electron chi connectivity index (χ0n) is 13.7. The second kappa shape index (κ2) is 7.90. The van der Waals surface area contributed by atoms with Crippen LogP contribution < -0.4 is 5.32 Å². The third kappa shape index (κ3) is 4.41. The van der Waals surface area contributed by atoms with Crippen LogP contribution in [-0.4, -0.2) is 35.2 Å². The Morgan fingerprint density at radius 2 is 2.00 bits per heavy atom. The predicted molar refractivity (Wildman–Crippen MR) is 87.5 cm³/mol. The summed E-state index contributed by atoms with van der Waals surface area (Å²) in [5, 5.41) is 2.79. The fraction of sp³-hybridized carbons (Fsp3) is 0.500. The number of hydrogen-bond donors (Lipinski definition) is 1. The highest BCUT2D eigenvalue weighted by Crippen LogP contribution is 2.15. The first-order valence-electron chi connectivity index (χ1n) is 8.21. The smallest absolute Gasteiger partial charge is 0.251 e. The summed E-state index contributed by atoms with van der Waals surface area (Å²) in [7, 11) is 0. The largest absolute Gasteiger partial charge is 0.344 e. The van der Waals surface area contributed by atoms with Gasteiger partial charge in [-0.15, -0.1) is 0 Å². The van der Waals surface area contributed by atoms with Crippen LogP contribution in [-0.2, 0) is 20.8 Å². The first-order chi connectivity index (χ1) is 11.0. The van der Waals surface area contributed by atoms with Gasteiger partial charge in [0.25, 0.3) is 5.91 Å². The Morgan fingerprint density at radius 3 is 2.65 bits per heavy atom. The highest BCUT2D eigenvalue weighted by molar-refractivity contribution is 6.01. The number of rotatable bonds is 6. The van der Waals surface area contributed by atoms with Crippen molar-refractivity contribution in [2.75, 3.05) is 6.54 Å². The average Bonchev–Trinajstić information content (AvgIpc) is 2.57. The summed E-state index contributed by atoms with van der Waals surface area (Å²) in [5.74, 6) is -0.685. The van der Waals surface area contributed by atoms with Gasteiger partial charge in [0.15, 0.2) is 0 Å². The van der Waals surface area contributed by atoms with E-state index in [-0.39, 0.29) is 23.6 Å². The number of carbonyl (C=O) groups is 3. The minimum atomic E-state index is -0.579. The summed E-state index contributed by atoms with van der Waals surface area (Å²) in [5.41, 5.74) is 1.08. The number of imide groups is 1. The van der Waals surface area contributed by atoms with Gasteiger partial charge in [-0.05, 0) is 24.8 Å². The maximum atomic E-state index is 12.5. The topological polar surface area (TPSA) is 66.5 Å². The van der Waals surface area contributed by atoms with Crippen molar-refractivity contribution in [1.29, 1.82) is 0 Å². The molecule has 0 bridgehead atoms. The lowest BCUT2D eigenvalue weighted by Crippen LogP contribution is -2.55. The number of carbonyl (C=O) groups excluding carboxylic acids is 3. The Bertz CT molecular complexity index is 571. The fourth-order valence-corrected chi connectivity index (χ4v) is 2.59. The van der Waals surface area contributed by atoms with E-state index in [4.69, 9.17) is 0 Å². The molecular weight excluding hydrogens is 292 g/mol. The molecule has 1 aliphatic rings. The summed E-state index contributed by atoms with van der Waals surface area (Å²) in [6.45, 7) is 4.13. The zero-order chi connectivity index (χ0) is 16.8. The van der Waals surface area contributed by atoms with Gasteiger partial charge in [0.2, 0.25) is 11.8 Å². The van der Waals surface area contributed by atoms with Crippen LogP contribution in [0, 0.1) is 5.92 Å². The van der Waals surface area contributed by atoms with Gasteiger partial charge in [-0.25, -0.2) is 0 Å². The Labute approximate surface area is 137 Å². The van der Waals surface area contributed by atoms with Gasteiger partial charge in [0, 0.05) is 18.9 Å². The van der Waals surface area contributed by atoms with Gasteiger partial charge < -0.3 is 5.32 Å². The van der Waals surface area contributed by atoms with Crippen LogP contribution in [0.3, 0.4) is 0 Å². The van der Waals surface area contributed by atoms with Crippen molar-refractivity contribution >= 4 is 17.7 Å². The number of piperidine rings is 1. The molecule has 0 radical (unpaired) electrons. The number of hydrogen-bond acceptors (Lipinski definition) is 3. The molecule has 5 nitrogen and oxygen atoms in total. The molecule has 1 aromatic rings. The summed E-state index contributed by atoms with van der Waals surface area (Å²) in [6, 6.07) is 9.17. The third-order valence-corrected chi connectivity index (χ3v) is 4.36. The third-order valence-electron chi connectivity index (χ3n) is 4.36. The monoisotopic (exact) mass is 316 g/mol. The number of amides is 3. The van der Waals surface area contributed by atoms with Gasteiger partial charge in [0.05, 0.1) is 0 Å². The van der Waals surface area contributed by atoms with Crippen LogP contribution in [0.2, 0.25) is 0 Å². The molecule has 1 saturated heterocycles. The normalized spacial score (nSPS) is 19.6. The van der Waals surface area contributed by atoms with E-state index in [1.165, 1.54) is 4.90 Å². The minimum Gasteiger partial charge on any atom is -0.344 e. The van der Waals surface area contributed by atoms with E-state index >= 15 is 0 Å². The van der Waals surface area contributed by atoms with Crippen molar-refractivity contribution in [1.82, 2.24) is 10.2 Å². The van der Waals surface area contributed by atoms with Crippen LogP contribution in [0.1, 0.15) is 38.7 Å². The van der Waals surface area contributed by atoms with Crippen LogP contribution in [0.4, 0.5) is 0 Å². The van der Waals surface area contributed by atoms with Crippen LogP contribution in [0.15, 0.2) is 30.3 Å². The molecule has 124 valence electrons. The second-order valence-corrected chi connectivity index (χ2v) is 6.03. The number of likely N-dealkylation sites (tertiary alicyclic amines) is 1. The molecule has 0 aromatic heterocycles. The number of nitrogens with zero attached hydrogens (tertiary/aromatic N) is 1. The minimum absolute atomic E-state index is 0.122. The van der Waals surface area contributed by atoms with E-state index < -0.39 is 6.04 Å². The van der Waals surface area contributed by atoms with Crippen LogP contribution in [0.5, 0.6) is 0 Å². The molecule has 1 N–H and O–H groups in total. The molecule has 1 heterocycles. The lowest BCUT2D eigenvalue weighted by molar-refractivity contribution is -0.151. The van der Waals surface area contributed by atoms with Crippen LogP contribution >= 0.6 is 0 Å². The zero-order valence-corrected chi connectivity index (χ0v) is 13.7. The maximum Gasteiger partial charge on any atom is 0.251 e. The molecule has 5 heteroatoms. The molecule has 1 fully saturated rings. The van der Waals surface area contributed by atoms with E-state index in [0.717, 1.165) is 12.0 Å². The predicted octanol–water partition coefficient (Wildman–Crippen LogP) is 1.91. The molecule has 2 rings (SSSR count). The molecule has 23 heavy (non-hydrogen) atoms. The van der Waals surface area contributed by atoms with E-state index in [9.17, 15) is 14.4 Å². The molecule has 1 aromatic carbocycles. The average molecular weight is 316 g/mol. The highest BCUT2D eigenvalue weighted by Gasteiger charge is 2.35. The van der Waals surface area contributed by atoms with Gasteiger partial charge in [-0.3, -0.25) is 19.3 Å². The number of nitrogens with one attached hydrogen (secondary N) is 1. The molecule has 1 aliphatic heterocycles. The summed E-state index contributed by atoms with van der Waals surface area (Å²) >= 11 is 0. The lowest BCUT2D eigenvalue weighted by atomic mass is 10.0. The second-order valence-electron chi connectivity index (χ2n) is 6.03. The van der Waals surface area contributed by atoms with Crippen molar-refractivity contribution < 1.29 is 14.4 Å². The van der Waals surface area contributed by atoms with Crippen molar-refractivity contribution in [3.63, 3.8) is 0 Å². The Balaban J connectivity index is 1.97. The van der Waals surface area contributed by atoms with Gasteiger partial charge in [-0.2, -0.15) is 0 Å². The van der Waals surface area contributed by atoms with E-state index in [2.05, 4.69) is 5.32 Å². The van der Waals surface area contributed by atoms with Crippen molar-refractivity contribution in [2.45, 2.75) is 45.6 Å². The van der Waals surface area contributed by atoms with Gasteiger partial charge in [0.1, 0.15) is 6.04 Å². The molecule has 3 amide bonds. The van der Waals surface area contributed by atoms with Crippen LogP contribution in [0.25, 0.3) is 0 Å². The Kier molecular flexibility index (Phi) is 5.90. The molecule has 2 atom stereocenters. The van der Waals surface area contributed by atoms with Crippen molar-refractivity contribution in [2.24, 2.45) is 5.92 Å². The summed E-state index contributed by atoms with van der Waals surface area (Å²) < 4.78 is 0. The van der Waals surface area contributed by atoms with Crippen molar-refractivity contribution in [3.05, 3.63) is 35.9 Å². The Hall–Kier alpha value is -2.17. The SMILES string of the molecule is CC[C@@H](C)C(=O)N[C@@H]1CCC(=O)N(CCc2ccccc2)C1=O. The van der Waals surface area contributed by atoms with Gasteiger partial charge >= 0.3 is 0 Å². The standard InChI is InChI=1S/C18H24N2O3/c1-3-13(2)17(22)19-15-9-10-16(21)20(18(15)23)12-11-14-7-5-4-6-8-14/h4-8,13,15H,3,9-12H2,1-2H3,(H,19,22)/t13-,15-/m1/s1. The van der Waals surface area contributed by atoms with Crippen molar-refractivity contribution in [3.8, 4) is 0 Å². The fourth-order valence-electron chi connectivity index (χ4n) is 2.59. The molecule has 0 spiro atoms. The number of benzene rings is 1. The molecule has 0 aliphatic carbocycles. The van der Waals surface area contributed by atoms with Gasteiger partial charge in [-0.1, -0.05) is 44.2 Å². The summed E-state index contributed by atoms with van der Waals surface area (Å²) in [6.07, 6.45) is 2.04. The molecule has 0 unspecified atom stereocenters. The molecular formula is C18H24N2O3. The maximum absolute atomic E-state index is 12.5. The van der Waals surface area contributed by atoms with E-state index in [1.54, 1.807) is 0 Å².